The van der Waals surface area contributed by atoms with Gasteiger partial charge in [-0.05, 0) is 18.2 Å². The number of nitrogens with zero attached hydrogens (tertiary/aromatic N) is 3. The summed E-state index contributed by atoms with van der Waals surface area (Å²) in [5, 5.41) is 11.6. The zero-order valence-electron chi connectivity index (χ0n) is 12.9. The Morgan fingerprint density at radius 3 is 2.52 bits per heavy atom. The second-order valence-electron chi connectivity index (χ2n) is 5.53. The summed E-state index contributed by atoms with van der Waals surface area (Å²) in [5.74, 6) is 0. The van der Waals surface area contributed by atoms with Gasteiger partial charge in [0.25, 0.3) is 0 Å². The molecule has 1 aromatic rings. The van der Waals surface area contributed by atoms with Crippen molar-refractivity contribution in [3.05, 3.63) is 29.8 Å². The van der Waals surface area contributed by atoms with Gasteiger partial charge in [0.2, 0.25) is 0 Å². The molecule has 0 aliphatic carbocycles. The Hall–Kier alpha value is -1.78. The number of halogens is 3. The summed E-state index contributed by atoms with van der Waals surface area (Å²) in [4.78, 5) is 4.28. The summed E-state index contributed by atoms with van der Waals surface area (Å²) in [6, 6.07) is 7.60. The van der Waals surface area contributed by atoms with Crippen molar-refractivity contribution in [1.29, 1.82) is 5.26 Å². The minimum atomic E-state index is -4.30. The average molecular weight is 326 g/mol. The Bertz CT molecular complexity index is 531. The normalized spacial score (nSPS) is 16.3. The Kier molecular flexibility index (Phi) is 6.25. The van der Waals surface area contributed by atoms with E-state index in [1.807, 2.05) is 4.90 Å². The first-order valence-corrected chi connectivity index (χ1v) is 7.73. The molecule has 0 radical (unpaired) electrons. The molecule has 1 heterocycles. The van der Waals surface area contributed by atoms with Crippen molar-refractivity contribution in [3.8, 4) is 6.07 Å². The van der Waals surface area contributed by atoms with Crippen LogP contribution in [0, 0.1) is 11.3 Å². The van der Waals surface area contributed by atoms with Crippen molar-refractivity contribution in [1.82, 2.24) is 10.2 Å². The highest BCUT2D eigenvalue weighted by Crippen LogP contribution is 2.31. The quantitative estimate of drug-likeness (QED) is 0.815. The summed E-state index contributed by atoms with van der Waals surface area (Å²) >= 11 is 0. The lowest BCUT2D eigenvalue weighted by Crippen LogP contribution is -2.48. The van der Waals surface area contributed by atoms with Crippen LogP contribution in [0.3, 0.4) is 0 Å². The van der Waals surface area contributed by atoms with E-state index < -0.39 is 11.7 Å². The van der Waals surface area contributed by atoms with Crippen LogP contribution in [0.25, 0.3) is 0 Å². The molecule has 1 aromatic carbocycles. The van der Waals surface area contributed by atoms with E-state index in [4.69, 9.17) is 5.26 Å². The smallest absolute Gasteiger partial charge is 0.369 e. The summed E-state index contributed by atoms with van der Waals surface area (Å²) in [7, 11) is 0. The molecule has 0 spiro atoms. The second-order valence-corrected chi connectivity index (χ2v) is 5.53. The first-order valence-electron chi connectivity index (χ1n) is 7.73. The van der Waals surface area contributed by atoms with E-state index in [0.717, 1.165) is 45.3 Å². The van der Waals surface area contributed by atoms with Crippen molar-refractivity contribution >= 4 is 5.69 Å². The Labute approximate surface area is 134 Å². The van der Waals surface area contributed by atoms with Crippen molar-refractivity contribution in [3.63, 3.8) is 0 Å². The molecular weight excluding hydrogens is 305 g/mol. The molecule has 1 aliphatic rings. The number of alkyl halides is 3. The SMILES string of the molecule is N#CCCNCCN1CCN(c2cccc(C(F)(F)F)c2)CC1. The lowest BCUT2D eigenvalue weighted by molar-refractivity contribution is -0.137. The van der Waals surface area contributed by atoms with Crippen LogP contribution in [-0.4, -0.2) is 50.7 Å². The van der Waals surface area contributed by atoms with Crippen molar-refractivity contribution in [2.75, 3.05) is 50.7 Å². The number of rotatable bonds is 6. The predicted octanol–water partition coefficient (Wildman–Crippen LogP) is 2.33. The van der Waals surface area contributed by atoms with Crippen LogP contribution in [0.5, 0.6) is 0 Å². The summed E-state index contributed by atoms with van der Waals surface area (Å²) in [5.41, 5.74) is 0.0331. The van der Waals surface area contributed by atoms with Gasteiger partial charge in [-0.1, -0.05) is 6.07 Å². The van der Waals surface area contributed by atoms with Gasteiger partial charge in [-0.3, -0.25) is 4.90 Å². The van der Waals surface area contributed by atoms with Crippen molar-refractivity contribution in [2.45, 2.75) is 12.6 Å². The van der Waals surface area contributed by atoms with Gasteiger partial charge in [0.1, 0.15) is 0 Å². The molecule has 126 valence electrons. The minimum Gasteiger partial charge on any atom is -0.369 e. The minimum absolute atomic E-state index is 0.503. The fourth-order valence-electron chi connectivity index (χ4n) is 2.62. The molecular formula is C16H21F3N4. The maximum absolute atomic E-state index is 12.8. The van der Waals surface area contributed by atoms with Crippen LogP contribution in [0.1, 0.15) is 12.0 Å². The van der Waals surface area contributed by atoms with Crippen LogP contribution >= 0.6 is 0 Å². The zero-order chi connectivity index (χ0) is 16.7. The number of nitrogens with one attached hydrogen (secondary N) is 1. The monoisotopic (exact) mass is 326 g/mol. The van der Waals surface area contributed by atoms with Gasteiger partial charge in [0.05, 0.1) is 11.6 Å². The molecule has 0 saturated carbocycles. The molecule has 0 unspecified atom stereocenters. The third kappa shape index (κ3) is 5.41. The standard InChI is InChI=1S/C16H21F3N4/c17-16(18,19)14-3-1-4-15(13-14)23-11-9-22(10-12-23)8-7-21-6-2-5-20/h1,3-4,13,21H,2,6-12H2. The highest BCUT2D eigenvalue weighted by Gasteiger charge is 2.31. The van der Waals surface area contributed by atoms with Gasteiger partial charge in [-0.25, -0.2) is 0 Å². The number of nitriles is 1. The van der Waals surface area contributed by atoms with Crippen LogP contribution in [0.2, 0.25) is 0 Å². The van der Waals surface area contributed by atoms with E-state index in [9.17, 15) is 13.2 Å². The number of hydrogen-bond acceptors (Lipinski definition) is 4. The average Bonchev–Trinajstić information content (AvgIpc) is 2.55. The summed E-state index contributed by atoms with van der Waals surface area (Å²) in [6.07, 6.45) is -3.80. The molecule has 0 aromatic heterocycles. The number of benzene rings is 1. The Morgan fingerprint density at radius 1 is 1.13 bits per heavy atom. The van der Waals surface area contributed by atoms with Crippen LogP contribution < -0.4 is 10.2 Å². The lowest BCUT2D eigenvalue weighted by Gasteiger charge is -2.36. The third-order valence-corrected chi connectivity index (χ3v) is 3.93. The maximum atomic E-state index is 12.8. The molecule has 0 amide bonds. The zero-order valence-corrected chi connectivity index (χ0v) is 12.9. The molecule has 0 bridgehead atoms. The van der Waals surface area contributed by atoms with E-state index >= 15 is 0 Å². The van der Waals surface area contributed by atoms with Gasteiger partial charge in [0, 0.05) is 57.9 Å². The highest BCUT2D eigenvalue weighted by atomic mass is 19.4. The van der Waals surface area contributed by atoms with E-state index in [1.54, 1.807) is 6.07 Å². The molecule has 1 N–H and O–H groups in total. The molecule has 1 fully saturated rings. The van der Waals surface area contributed by atoms with Gasteiger partial charge >= 0.3 is 6.18 Å². The van der Waals surface area contributed by atoms with Gasteiger partial charge in [0.15, 0.2) is 0 Å². The molecule has 7 heteroatoms. The lowest BCUT2D eigenvalue weighted by atomic mass is 10.1. The van der Waals surface area contributed by atoms with E-state index in [0.29, 0.717) is 18.7 Å². The van der Waals surface area contributed by atoms with Gasteiger partial charge in [-0.15, -0.1) is 0 Å². The van der Waals surface area contributed by atoms with Crippen molar-refractivity contribution < 1.29 is 13.2 Å². The highest BCUT2D eigenvalue weighted by molar-refractivity contribution is 5.49. The van der Waals surface area contributed by atoms with Gasteiger partial charge in [-0.2, -0.15) is 18.4 Å². The first-order chi connectivity index (χ1) is 11.0. The van der Waals surface area contributed by atoms with E-state index in [2.05, 4.69) is 16.3 Å². The molecule has 0 atom stereocenters. The Morgan fingerprint density at radius 2 is 1.87 bits per heavy atom. The molecule has 2 rings (SSSR count). The van der Waals surface area contributed by atoms with E-state index in [1.165, 1.54) is 12.1 Å². The Balaban J connectivity index is 1.79. The van der Waals surface area contributed by atoms with Crippen LogP contribution in [-0.2, 0) is 6.18 Å². The van der Waals surface area contributed by atoms with Crippen LogP contribution in [0.4, 0.5) is 18.9 Å². The topological polar surface area (TPSA) is 42.3 Å². The fraction of sp³-hybridized carbons (Fsp3) is 0.562. The maximum Gasteiger partial charge on any atom is 0.416 e. The molecule has 1 saturated heterocycles. The predicted molar refractivity (Wildman–Crippen MR) is 83.2 cm³/mol. The number of piperazine rings is 1. The van der Waals surface area contributed by atoms with Crippen LogP contribution in [0.15, 0.2) is 24.3 Å². The second kappa shape index (κ2) is 8.18. The van der Waals surface area contributed by atoms with Crippen molar-refractivity contribution in [2.24, 2.45) is 0 Å². The summed E-state index contributed by atoms with van der Waals surface area (Å²) < 4.78 is 38.3. The van der Waals surface area contributed by atoms with Gasteiger partial charge < -0.3 is 10.2 Å². The molecule has 4 nitrogen and oxygen atoms in total. The summed E-state index contributed by atoms with van der Waals surface area (Å²) in [6.45, 7) is 5.51. The number of hydrogen-bond donors (Lipinski definition) is 1. The molecule has 23 heavy (non-hydrogen) atoms. The third-order valence-electron chi connectivity index (χ3n) is 3.93. The fourth-order valence-corrected chi connectivity index (χ4v) is 2.62. The number of anilines is 1. The largest absolute Gasteiger partial charge is 0.416 e. The van der Waals surface area contributed by atoms with E-state index in [-0.39, 0.29) is 0 Å². The first kappa shape index (κ1) is 17.6. The molecule has 1 aliphatic heterocycles.